The van der Waals surface area contributed by atoms with Crippen molar-refractivity contribution >= 4 is 12.4 Å². The minimum atomic E-state index is -0.156. The molecule has 1 aliphatic carbocycles. The zero-order valence-electron chi connectivity index (χ0n) is 10.1. The van der Waals surface area contributed by atoms with Crippen LogP contribution in [-0.2, 0) is 6.54 Å². The van der Waals surface area contributed by atoms with E-state index in [1.807, 2.05) is 12.1 Å². The lowest BCUT2D eigenvalue weighted by Gasteiger charge is -2.21. The third-order valence-electron chi connectivity index (χ3n) is 3.40. The second kappa shape index (κ2) is 7.67. The molecule has 0 spiro atoms. The van der Waals surface area contributed by atoms with E-state index in [9.17, 15) is 4.39 Å². The summed E-state index contributed by atoms with van der Waals surface area (Å²) in [5.41, 5.74) is 1.16. The smallest absolute Gasteiger partial charge is 0.123 e. The summed E-state index contributed by atoms with van der Waals surface area (Å²) in [6.07, 6.45) is 6.94. The second-order valence-electron chi connectivity index (χ2n) is 4.76. The third-order valence-corrected chi connectivity index (χ3v) is 3.40. The summed E-state index contributed by atoms with van der Waals surface area (Å²) in [4.78, 5) is 0. The summed E-state index contributed by atoms with van der Waals surface area (Å²) in [7, 11) is 0. The van der Waals surface area contributed by atoms with Gasteiger partial charge in [-0.15, -0.1) is 12.4 Å². The Morgan fingerprint density at radius 1 is 1.06 bits per heavy atom. The van der Waals surface area contributed by atoms with E-state index in [1.54, 1.807) is 0 Å². The average molecular weight is 258 g/mol. The van der Waals surface area contributed by atoms with Crippen molar-refractivity contribution in [3.05, 3.63) is 35.6 Å². The highest BCUT2D eigenvalue weighted by Crippen LogP contribution is 2.22. The number of nitrogens with one attached hydrogen (secondary N) is 1. The lowest BCUT2D eigenvalue weighted by atomic mass is 9.89. The molecule has 1 fully saturated rings. The Bertz CT molecular complexity index is 307. The molecule has 17 heavy (non-hydrogen) atoms. The summed E-state index contributed by atoms with van der Waals surface area (Å²) in [5.74, 6) is 0.699. The van der Waals surface area contributed by atoms with Crippen molar-refractivity contribution in [2.75, 3.05) is 6.54 Å². The molecule has 1 aliphatic rings. The molecule has 1 aromatic carbocycles. The molecule has 2 rings (SSSR count). The van der Waals surface area contributed by atoms with E-state index >= 15 is 0 Å². The minimum Gasteiger partial charge on any atom is -0.312 e. The first kappa shape index (κ1) is 14.5. The molecule has 0 saturated heterocycles. The van der Waals surface area contributed by atoms with Gasteiger partial charge in [-0.3, -0.25) is 0 Å². The van der Waals surface area contributed by atoms with Crippen molar-refractivity contribution in [2.24, 2.45) is 5.92 Å². The highest BCUT2D eigenvalue weighted by molar-refractivity contribution is 5.85. The van der Waals surface area contributed by atoms with Crippen LogP contribution in [0.1, 0.15) is 37.7 Å². The highest BCUT2D eigenvalue weighted by atomic mass is 35.5. The number of benzene rings is 1. The van der Waals surface area contributed by atoms with Crippen LogP contribution >= 0.6 is 12.4 Å². The molecule has 3 heteroatoms. The van der Waals surface area contributed by atoms with Crippen LogP contribution in [0.3, 0.4) is 0 Å². The van der Waals surface area contributed by atoms with Crippen molar-refractivity contribution in [2.45, 2.75) is 38.6 Å². The molecular formula is C14H21ClFN. The van der Waals surface area contributed by atoms with Crippen LogP contribution in [0.4, 0.5) is 4.39 Å². The average Bonchev–Trinajstić information content (AvgIpc) is 2.33. The normalized spacial score (nSPS) is 16.5. The molecule has 0 amide bonds. The molecule has 0 atom stereocenters. The molecule has 0 aliphatic heterocycles. The summed E-state index contributed by atoms with van der Waals surface area (Å²) in [5, 5.41) is 3.47. The molecule has 1 N–H and O–H groups in total. The highest BCUT2D eigenvalue weighted by Gasteiger charge is 2.12. The Labute approximate surface area is 109 Å². The fraction of sp³-hybridized carbons (Fsp3) is 0.571. The van der Waals surface area contributed by atoms with Crippen LogP contribution in [0.15, 0.2) is 24.3 Å². The first-order valence-corrected chi connectivity index (χ1v) is 6.30. The van der Waals surface area contributed by atoms with Gasteiger partial charge >= 0.3 is 0 Å². The predicted octanol–water partition coefficient (Wildman–Crippen LogP) is 3.92. The van der Waals surface area contributed by atoms with Gasteiger partial charge in [-0.1, -0.05) is 31.4 Å². The molecule has 0 radical (unpaired) electrons. The van der Waals surface area contributed by atoms with Crippen molar-refractivity contribution in [1.29, 1.82) is 0 Å². The maximum absolute atomic E-state index is 12.7. The maximum Gasteiger partial charge on any atom is 0.123 e. The predicted molar refractivity (Wildman–Crippen MR) is 71.9 cm³/mol. The van der Waals surface area contributed by atoms with Crippen molar-refractivity contribution in [3.63, 3.8) is 0 Å². The number of hydrogen-bond donors (Lipinski definition) is 1. The van der Waals surface area contributed by atoms with Gasteiger partial charge in [0.05, 0.1) is 0 Å². The lowest BCUT2D eigenvalue weighted by Crippen LogP contribution is -2.24. The zero-order valence-corrected chi connectivity index (χ0v) is 10.9. The Hall–Kier alpha value is -0.600. The van der Waals surface area contributed by atoms with Crippen LogP contribution < -0.4 is 5.32 Å². The molecule has 0 unspecified atom stereocenters. The number of halogens is 2. The van der Waals surface area contributed by atoms with Crippen molar-refractivity contribution in [3.8, 4) is 0 Å². The van der Waals surface area contributed by atoms with E-state index in [-0.39, 0.29) is 18.2 Å². The van der Waals surface area contributed by atoms with E-state index in [4.69, 9.17) is 0 Å². The summed E-state index contributed by atoms with van der Waals surface area (Å²) >= 11 is 0. The maximum atomic E-state index is 12.7. The fourth-order valence-electron chi connectivity index (χ4n) is 2.41. The Balaban J connectivity index is 0.00000144. The lowest BCUT2D eigenvalue weighted by molar-refractivity contribution is 0.342. The van der Waals surface area contributed by atoms with Crippen LogP contribution in [0, 0.1) is 11.7 Å². The second-order valence-corrected chi connectivity index (χ2v) is 4.76. The first-order chi connectivity index (χ1) is 7.84. The van der Waals surface area contributed by atoms with Crippen LogP contribution in [0.5, 0.6) is 0 Å². The SMILES string of the molecule is Cl.Fc1ccc(CNCC2CCCCC2)cc1. The van der Waals surface area contributed by atoms with E-state index in [0.717, 1.165) is 24.6 Å². The molecule has 0 aromatic heterocycles. The van der Waals surface area contributed by atoms with E-state index in [2.05, 4.69) is 5.32 Å². The Morgan fingerprint density at radius 3 is 2.35 bits per heavy atom. The van der Waals surface area contributed by atoms with E-state index in [1.165, 1.54) is 44.2 Å². The number of rotatable bonds is 4. The van der Waals surface area contributed by atoms with Gasteiger partial charge in [-0.05, 0) is 43.0 Å². The van der Waals surface area contributed by atoms with Crippen LogP contribution in [0.25, 0.3) is 0 Å². The largest absolute Gasteiger partial charge is 0.312 e. The summed E-state index contributed by atoms with van der Waals surface area (Å²) in [6.45, 7) is 1.97. The van der Waals surface area contributed by atoms with Gasteiger partial charge in [0, 0.05) is 6.54 Å². The molecule has 0 bridgehead atoms. The minimum absolute atomic E-state index is 0. The van der Waals surface area contributed by atoms with Gasteiger partial charge in [0.15, 0.2) is 0 Å². The van der Waals surface area contributed by atoms with Crippen LogP contribution in [0.2, 0.25) is 0 Å². The molecule has 1 nitrogen and oxygen atoms in total. The van der Waals surface area contributed by atoms with Gasteiger partial charge < -0.3 is 5.32 Å². The molecule has 1 aromatic rings. The summed E-state index contributed by atoms with van der Waals surface area (Å²) in [6, 6.07) is 6.75. The molecule has 1 saturated carbocycles. The molecule has 96 valence electrons. The van der Waals surface area contributed by atoms with Gasteiger partial charge in [0.1, 0.15) is 5.82 Å². The Morgan fingerprint density at radius 2 is 1.71 bits per heavy atom. The summed E-state index contributed by atoms with van der Waals surface area (Å²) < 4.78 is 12.7. The first-order valence-electron chi connectivity index (χ1n) is 6.30. The molecule has 0 heterocycles. The molecular weight excluding hydrogens is 237 g/mol. The monoisotopic (exact) mass is 257 g/mol. The van der Waals surface area contributed by atoms with Gasteiger partial charge in [0.2, 0.25) is 0 Å². The Kier molecular flexibility index (Phi) is 6.53. The zero-order chi connectivity index (χ0) is 11.2. The van der Waals surface area contributed by atoms with Gasteiger partial charge in [-0.25, -0.2) is 4.39 Å². The van der Waals surface area contributed by atoms with Crippen molar-refractivity contribution < 1.29 is 4.39 Å². The van der Waals surface area contributed by atoms with Crippen LogP contribution in [-0.4, -0.2) is 6.54 Å². The van der Waals surface area contributed by atoms with E-state index in [0.29, 0.717) is 0 Å². The quantitative estimate of drug-likeness (QED) is 0.862. The van der Waals surface area contributed by atoms with E-state index < -0.39 is 0 Å². The van der Waals surface area contributed by atoms with Crippen molar-refractivity contribution in [1.82, 2.24) is 5.32 Å². The van der Waals surface area contributed by atoms with Gasteiger partial charge in [-0.2, -0.15) is 0 Å². The third kappa shape index (κ3) is 5.05. The fourth-order valence-corrected chi connectivity index (χ4v) is 2.41. The van der Waals surface area contributed by atoms with Gasteiger partial charge in [0.25, 0.3) is 0 Å². The topological polar surface area (TPSA) is 12.0 Å². The number of hydrogen-bond acceptors (Lipinski definition) is 1. The standard InChI is InChI=1S/C14H20FN.ClH/c15-14-8-6-13(7-9-14)11-16-10-12-4-2-1-3-5-12;/h6-9,12,16H,1-5,10-11H2;1H.